The largest absolute Gasteiger partial charge is 0.331 e. The first kappa shape index (κ1) is 14.6. The van der Waals surface area contributed by atoms with E-state index in [2.05, 4.69) is 28.9 Å². The Morgan fingerprint density at radius 2 is 2.10 bits per heavy atom. The molecular weight excluding hydrogens is 332 g/mol. The maximum Gasteiger partial charge on any atom is 0.249 e. The number of aryl methyl sites for hydroxylation is 1. The third-order valence-electron chi connectivity index (χ3n) is 4.39. The molecule has 3 rings (SSSR count). The van der Waals surface area contributed by atoms with Crippen LogP contribution in [0.5, 0.6) is 0 Å². The van der Waals surface area contributed by atoms with Crippen molar-refractivity contribution in [2.45, 2.75) is 38.6 Å². The van der Waals surface area contributed by atoms with Crippen LogP contribution in [0.15, 0.2) is 22.7 Å². The minimum atomic E-state index is -0.256. The van der Waals surface area contributed by atoms with E-state index in [0.717, 1.165) is 41.5 Å². The van der Waals surface area contributed by atoms with Gasteiger partial charge < -0.3 is 9.80 Å². The van der Waals surface area contributed by atoms with Gasteiger partial charge in [0.1, 0.15) is 6.04 Å². The monoisotopic (exact) mass is 350 g/mol. The first-order chi connectivity index (χ1) is 10.1. The van der Waals surface area contributed by atoms with Gasteiger partial charge in [-0.05, 0) is 43.0 Å². The highest BCUT2D eigenvalue weighted by Crippen LogP contribution is 2.30. The van der Waals surface area contributed by atoms with Gasteiger partial charge in [-0.3, -0.25) is 9.59 Å². The molecule has 0 aromatic heterocycles. The molecule has 2 fully saturated rings. The summed E-state index contributed by atoms with van der Waals surface area (Å²) in [6, 6.07) is 5.74. The Morgan fingerprint density at radius 1 is 1.29 bits per heavy atom. The van der Waals surface area contributed by atoms with Gasteiger partial charge in [-0.1, -0.05) is 22.9 Å². The number of hydrogen-bond acceptors (Lipinski definition) is 2. The number of halogens is 1. The number of hydrogen-bond donors (Lipinski definition) is 0. The summed E-state index contributed by atoms with van der Waals surface area (Å²) in [7, 11) is 0. The van der Waals surface area contributed by atoms with Crippen molar-refractivity contribution in [2.24, 2.45) is 0 Å². The number of rotatable bonds is 2. The average molecular weight is 351 g/mol. The molecule has 0 bridgehead atoms. The molecular formula is C16H19BrN2O2. The maximum atomic E-state index is 12.8. The summed E-state index contributed by atoms with van der Waals surface area (Å²) in [5.41, 5.74) is 2.09. The van der Waals surface area contributed by atoms with Crippen molar-refractivity contribution in [1.29, 1.82) is 0 Å². The maximum absolute atomic E-state index is 12.8. The van der Waals surface area contributed by atoms with Crippen LogP contribution in [0, 0.1) is 0 Å². The Hall–Kier alpha value is -1.36. The van der Waals surface area contributed by atoms with E-state index in [1.165, 1.54) is 0 Å². The quantitative estimate of drug-likeness (QED) is 0.822. The summed E-state index contributed by atoms with van der Waals surface area (Å²) in [6.45, 7) is 3.30. The van der Waals surface area contributed by atoms with Crippen molar-refractivity contribution >= 4 is 33.4 Å². The van der Waals surface area contributed by atoms with Crippen LogP contribution in [0.4, 0.5) is 5.69 Å². The Kier molecular flexibility index (Phi) is 4.02. The van der Waals surface area contributed by atoms with E-state index < -0.39 is 0 Å². The third kappa shape index (κ3) is 2.59. The standard InChI is InChI=1S/C16H19BrN2O2/c1-2-11-10-12(17)5-6-13(11)19-9-7-15(20)18-8-3-4-14(18)16(19)21/h5-6,10,14H,2-4,7-9H2,1H3. The molecule has 0 saturated carbocycles. The minimum Gasteiger partial charge on any atom is -0.331 e. The molecule has 1 atom stereocenters. The highest BCUT2D eigenvalue weighted by molar-refractivity contribution is 9.10. The molecule has 2 aliphatic rings. The summed E-state index contributed by atoms with van der Waals surface area (Å²) in [5, 5.41) is 0. The van der Waals surface area contributed by atoms with Crippen LogP contribution in [0.2, 0.25) is 0 Å². The van der Waals surface area contributed by atoms with Crippen LogP contribution >= 0.6 is 15.9 Å². The summed E-state index contributed by atoms with van der Waals surface area (Å²) in [5.74, 6) is 0.193. The zero-order chi connectivity index (χ0) is 15.0. The van der Waals surface area contributed by atoms with Crippen LogP contribution in [-0.4, -0.2) is 35.8 Å². The number of carbonyl (C=O) groups excluding carboxylic acids is 2. The van der Waals surface area contributed by atoms with E-state index in [4.69, 9.17) is 0 Å². The van der Waals surface area contributed by atoms with Gasteiger partial charge in [-0.15, -0.1) is 0 Å². The van der Waals surface area contributed by atoms with Crippen molar-refractivity contribution in [3.63, 3.8) is 0 Å². The van der Waals surface area contributed by atoms with E-state index in [1.54, 1.807) is 4.90 Å². The number of nitrogens with zero attached hydrogens (tertiary/aromatic N) is 2. The Balaban J connectivity index is 1.98. The molecule has 1 aromatic carbocycles. The lowest BCUT2D eigenvalue weighted by molar-refractivity contribution is -0.135. The Labute approximate surface area is 133 Å². The van der Waals surface area contributed by atoms with E-state index in [1.807, 2.05) is 17.0 Å². The minimum absolute atomic E-state index is 0.0790. The van der Waals surface area contributed by atoms with Crippen LogP contribution in [0.25, 0.3) is 0 Å². The van der Waals surface area contributed by atoms with E-state index in [-0.39, 0.29) is 17.9 Å². The lowest BCUT2D eigenvalue weighted by atomic mass is 10.1. The third-order valence-corrected chi connectivity index (χ3v) is 4.88. The van der Waals surface area contributed by atoms with Crippen LogP contribution < -0.4 is 4.90 Å². The number of anilines is 1. The molecule has 2 aliphatic heterocycles. The number of benzene rings is 1. The van der Waals surface area contributed by atoms with Gasteiger partial charge in [-0.25, -0.2) is 0 Å². The zero-order valence-electron chi connectivity index (χ0n) is 12.1. The summed E-state index contributed by atoms with van der Waals surface area (Å²) in [4.78, 5) is 28.6. The molecule has 0 spiro atoms. The van der Waals surface area contributed by atoms with Gasteiger partial charge in [0.2, 0.25) is 11.8 Å². The lowest BCUT2D eigenvalue weighted by Crippen LogP contribution is -2.44. The first-order valence-electron chi connectivity index (χ1n) is 7.51. The molecule has 1 unspecified atom stereocenters. The van der Waals surface area contributed by atoms with Crippen molar-refractivity contribution in [1.82, 2.24) is 4.90 Å². The molecule has 0 N–H and O–H groups in total. The van der Waals surface area contributed by atoms with Crippen molar-refractivity contribution in [2.75, 3.05) is 18.0 Å². The molecule has 112 valence electrons. The predicted molar refractivity (Wildman–Crippen MR) is 85.2 cm³/mol. The highest BCUT2D eigenvalue weighted by atomic mass is 79.9. The SMILES string of the molecule is CCc1cc(Br)ccc1N1CCC(=O)N2CCCC2C1=O. The fourth-order valence-electron chi connectivity index (χ4n) is 3.30. The lowest BCUT2D eigenvalue weighted by Gasteiger charge is -2.27. The van der Waals surface area contributed by atoms with Gasteiger partial charge in [-0.2, -0.15) is 0 Å². The molecule has 4 nitrogen and oxygen atoms in total. The van der Waals surface area contributed by atoms with Gasteiger partial charge >= 0.3 is 0 Å². The van der Waals surface area contributed by atoms with Crippen molar-refractivity contribution in [3.8, 4) is 0 Å². The second-order valence-electron chi connectivity index (χ2n) is 5.61. The molecule has 5 heteroatoms. The Bertz CT molecular complexity index is 588. The molecule has 0 radical (unpaired) electrons. The van der Waals surface area contributed by atoms with Crippen LogP contribution in [0.3, 0.4) is 0 Å². The molecule has 2 amide bonds. The van der Waals surface area contributed by atoms with Gasteiger partial charge in [0.15, 0.2) is 0 Å². The molecule has 21 heavy (non-hydrogen) atoms. The predicted octanol–water partition coefficient (Wildman–Crippen LogP) is 2.74. The Morgan fingerprint density at radius 3 is 2.86 bits per heavy atom. The fourth-order valence-corrected chi connectivity index (χ4v) is 3.71. The normalized spacial score (nSPS) is 22.5. The summed E-state index contributed by atoms with van der Waals surface area (Å²) < 4.78 is 1.02. The topological polar surface area (TPSA) is 40.6 Å². The zero-order valence-corrected chi connectivity index (χ0v) is 13.7. The molecule has 2 heterocycles. The van der Waals surface area contributed by atoms with E-state index in [0.29, 0.717) is 13.0 Å². The summed E-state index contributed by atoms with van der Waals surface area (Å²) in [6.07, 6.45) is 3.00. The second kappa shape index (κ2) is 5.79. The number of amides is 2. The van der Waals surface area contributed by atoms with Crippen LogP contribution in [-0.2, 0) is 16.0 Å². The van der Waals surface area contributed by atoms with Gasteiger partial charge in [0.25, 0.3) is 0 Å². The molecule has 0 aliphatic carbocycles. The number of carbonyl (C=O) groups is 2. The van der Waals surface area contributed by atoms with Crippen LogP contribution in [0.1, 0.15) is 31.7 Å². The summed E-state index contributed by atoms with van der Waals surface area (Å²) >= 11 is 3.48. The smallest absolute Gasteiger partial charge is 0.249 e. The molecule has 1 aromatic rings. The highest BCUT2D eigenvalue weighted by Gasteiger charge is 2.39. The average Bonchev–Trinajstić information content (AvgIpc) is 2.93. The second-order valence-corrected chi connectivity index (χ2v) is 6.53. The van der Waals surface area contributed by atoms with Gasteiger partial charge in [0, 0.05) is 29.7 Å². The van der Waals surface area contributed by atoms with E-state index >= 15 is 0 Å². The first-order valence-corrected chi connectivity index (χ1v) is 8.30. The number of fused-ring (bicyclic) bond motifs is 1. The fraction of sp³-hybridized carbons (Fsp3) is 0.500. The van der Waals surface area contributed by atoms with Crippen molar-refractivity contribution in [3.05, 3.63) is 28.2 Å². The van der Waals surface area contributed by atoms with Crippen molar-refractivity contribution < 1.29 is 9.59 Å². The van der Waals surface area contributed by atoms with Gasteiger partial charge in [0.05, 0.1) is 0 Å². The van der Waals surface area contributed by atoms with E-state index in [9.17, 15) is 9.59 Å². The molecule has 2 saturated heterocycles.